The highest BCUT2D eigenvalue weighted by molar-refractivity contribution is 5.23. The van der Waals surface area contributed by atoms with Crippen molar-refractivity contribution in [2.75, 3.05) is 6.61 Å². The molecule has 0 aromatic heterocycles. The minimum atomic E-state index is -0.116. The highest BCUT2D eigenvalue weighted by atomic mass is 16.5. The van der Waals surface area contributed by atoms with E-state index >= 15 is 0 Å². The van der Waals surface area contributed by atoms with Crippen molar-refractivity contribution in [1.29, 1.82) is 0 Å². The van der Waals surface area contributed by atoms with Gasteiger partial charge in [-0.25, -0.2) is 0 Å². The van der Waals surface area contributed by atoms with E-state index in [1.54, 1.807) is 0 Å². The molecule has 30 heavy (non-hydrogen) atoms. The smallest absolute Gasteiger partial charge is 0.0724 e. The molecule has 2 nitrogen and oxygen atoms in total. The van der Waals surface area contributed by atoms with Gasteiger partial charge in [0, 0.05) is 6.42 Å². The zero-order valence-corrected chi connectivity index (χ0v) is 20.6. The molecule has 2 saturated carbocycles. The second-order valence-electron chi connectivity index (χ2n) is 11.7. The van der Waals surface area contributed by atoms with Crippen molar-refractivity contribution in [3.05, 3.63) is 35.4 Å². The van der Waals surface area contributed by atoms with Crippen LogP contribution in [0.5, 0.6) is 0 Å². The van der Waals surface area contributed by atoms with E-state index in [4.69, 9.17) is 9.47 Å². The summed E-state index contributed by atoms with van der Waals surface area (Å²) in [4.78, 5) is 0. The molecule has 0 spiro atoms. The summed E-state index contributed by atoms with van der Waals surface area (Å²) in [5.41, 5.74) is 3.44. The third kappa shape index (κ3) is 6.10. The van der Waals surface area contributed by atoms with Crippen LogP contribution >= 0.6 is 0 Å². The van der Waals surface area contributed by atoms with Crippen molar-refractivity contribution in [1.82, 2.24) is 0 Å². The summed E-state index contributed by atoms with van der Waals surface area (Å²) in [5, 5.41) is 0. The van der Waals surface area contributed by atoms with Crippen LogP contribution in [-0.2, 0) is 22.5 Å². The fourth-order valence-electron chi connectivity index (χ4n) is 5.49. The third-order valence-electron chi connectivity index (χ3n) is 8.18. The first-order valence-corrected chi connectivity index (χ1v) is 12.5. The lowest BCUT2D eigenvalue weighted by molar-refractivity contribution is -0.0880. The van der Waals surface area contributed by atoms with Crippen molar-refractivity contribution < 1.29 is 9.47 Å². The third-order valence-corrected chi connectivity index (χ3v) is 8.18. The fourth-order valence-corrected chi connectivity index (χ4v) is 5.49. The average molecular weight is 415 g/mol. The van der Waals surface area contributed by atoms with Crippen molar-refractivity contribution in [3.8, 4) is 0 Å². The number of ether oxygens (including phenoxy) is 2. The first kappa shape index (κ1) is 23.8. The molecule has 0 atom stereocenters. The normalized spacial score (nSPS) is 20.5. The van der Waals surface area contributed by atoms with Gasteiger partial charge in [-0.1, -0.05) is 57.4 Å². The molecule has 0 unspecified atom stereocenters. The second-order valence-corrected chi connectivity index (χ2v) is 11.7. The Morgan fingerprint density at radius 1 is 0.733 bits per heavy atom. The Morgan fingerprint density at radius 2 is 1.27 bits per heavy atom. The van der Waals surface area contributed by atoms with Gasteiger partial charge in [-0.3, -0.25) is 0 Å². The van der Waals surface area contributed by atoms with E-state index in [1.165, 1.54) is 68.9 Å². The van der Waals surface area contributed by atoms with Crippen LogP contribution in [0.2, 0.25) is 0 Å². The Balaban J connectivity index is 1.47. The van der Waals surface area contributed by atoms with Crippen molar-refractivity contribution in [3.63, 3.8) is 0 Å². The SMILES string of the molecule is CCC1(COC(C)(C)Cc2ccc(COC(C)(C)CC3(CC)CCC3)cc2)CCC1. The van der Waals surface area contributed by atoms with Gasteiger partial charge < -0.3 is 9.47 Å². The molecule has 2 fully saturated rings. The predicted octanol–water partition coefficient (Wildman–Crippen LogP) is 7.87. The predicted molar refractivity (Wildman–Crippen MR) is 127 cm³/mol. The summed E-state index contributed by atoms with van der Waals surface area (Å²) >= 11 is 0. The number of hydrogen-bond acceptors (Lipinski definition) is 2. The molecule has 0 aliphatic heterocycles. The maximum atomic E-state index is 6.40. The molecule has 0 N–H and O–H groups in total. The van der Waals surface area contributed by atoms with Gasteiger partial charge in [0.2, 0.25) is 0 Å². The van der Waals surface area contributed by atoms with E-state index in [0.29, 0.717) is 17.4 Å². The van der Waals surface area contributed by atoms with E-state index in [-0.39, 0.29) is 11.2 Å². The van der Waals surface area contributed by atoms with Gasteiger partial charge in [-0.2, -0.15) is 0 Å². The van der Waals surface area contributed by atoms with Gasteiger partial charge in [0.15, 0.2) is 0 Å². The van der Waals surface area contributed by atoms with E-state index < -0.39 is 0 Å². The molecule has 0 heterocycles. The minimum Gasteiger partial charge on any atom is -0.375 e. The summed E-state index contributed by atoms with van der Waals surface area (Å²) in [6.45, 7) is 15.3. The van der Waals surface area contributed by atoms with Crippen molar-refractivity contribution in [2.45, 2.75) is 124 Å². The summed E-state index contributed by atoms with van der Waals surface area (Å²) < 4.78 is 12.8. The van der Waals surface area contributed by atoms with Gasteiger partial charge in [0.25, 0.3) is 0 Å². The first-order valence-electron chi connectivity index (χ1n) is 12.5. The van der Waals surface area contributed by atoms with Gasteiger partial charge in [-0.05, 0) is 88.2 Å². The average Bonchev–Trinajstić information content (AvgIpc) is 2.63. The zero-order chi connectivity index (χ0) is 21.9. The Morgan fingerprint density at radius 3 is 1.73 bits per heavy atom. The van der Waals surface area contributed by atoms with E-state index in [9.17, 15) is 0 Å². The Hall–Kier alpha value is -0.860. The Kier molecular flexibility index (Phi) is 7.40. The molecule has 2 aliphatic rings. The molecule has 3 rings (SSSR count). The fraction of sp³-hybridized carbons (Fsp3) is 0.786. The quantitative estimate of drug-likeness (QED) is 0.346. The standard InChI is InChI=1S/C28H46O2/c1-7-27(15-9-16-27)21-26(5,6)29-20-24-13-11-23(12-14-24)19-25(3,4)30-22-28(8-2)17-10-18-28/h11-14H,7-10,15-22H2,1-6H3. The highest BCUT2D eigenvalue weighted by Crippen LogP contribution is 2.50. The van der Waals surface area contributed by atoms with Crippen LogP contribution in [-0.4, -0.2) is 17.8 Å². The van der Waals surface area contributed by atoms with Crippen LogP contribution < -0.4 is 0 Å². The van der Waals surface area contributed by atoms with Crippen LogP contribution in [0.15, 0.2) is 24.3 Å². The lowest BCUT2D eigenvalue weighted by Crippen LogP contribution is -2.39. The first-order chi connectivity index (χ1) is 14.1. The molecule has 2 heteroatoms. The molecule has 0 amide bonds. The molecule has 1 aromatic rings. The number of hydrogen-bond donors (Lipinski definition) is 0. The van der Waals surface area contributed by atoms with E-state index in [0.717, 1.165) is 13.0 Å². The topological polar surface area (TPSA) is 18.5 Å². The maximum absolute atomic E-state index is 6.40. The second kappa shape index (κ2) is 9.33. The summed E-state index contributed by atoms with van der Waals surface area (Å²) in [6.07, 6.45) is 12.9. The highest BCUT2D eigenvalue weighted by Gasteiger charge is 2.40. The van der Waals surface area contributed by atoms with Crippen LogP contribution in [0, 0.1) is 10.8 Å². The van der Waals surface area contributed by atoms with Crippen LogP contribution in [0.25, 0.3) is 0 Å². The molecule has 2 aliphatic carbocycles. The Labute approximate surface area is 186 Å². The molecule has 1 aromatic carbocycles. The lowest BCUT2D eigenvalue weighted by Gasteiger charge is -2.46. The molecular formula is C28H46O2. The molecule has 0 bridgehead atoms. The molecule has 0 saturated heterocycles. The summed E-state index contributed by atoms with van der Waals surface area (Å²) in [7, 11) is 0. The van der Waals surface area contributed by atoms with Gasteiger partial charge in [0.05, 0.1) is 24.4 Å². The van der Waals surface area contributed by atoms with Crippen molar-refractivity contribution in [2.24, 2.45) is 10.8 Å². The lowest BCUT2D eigenvalue weighted by atomic mass is 9.62. The molecular weight excluding hydrogens is 368 g/mol. The minimum absolute atomic E-state index is 0.0539. The number of rotatable bonds is 12. The van der Waals surface area contributed by atoms with Crippen LogP contribution in [0.1, 0.15) is 110 Å². The van der Waals surface area contributed by atoms with E-state index in [2.05, 4.69) is 65.8 Å². The van der Waals surface area contributed by atoms with Crippen molar-refractivity contribution >= 4 is 0 Å². The largest absolute Gasteiger partial charge is 0.375 e. The van der Waals surface area contributed by atoms with Gasteiger partial charge >= 0.3 is 0 Å². The number of benzene rings is 1. The molecule has 0 radical (unpaired) electrons. The summed E-state index contributed by atoms with van der Waals surface area (Å²) in [5.74, 6) is 0. The Bertz CT molecular complexity index is 651. The summed E-state index contributed by atoms with van der Waals surface area (Å²) in [6, 6.07) is 8.99. The van der Waals surface area contributed by atoms with Gasteiger partial charge in [0.1, 0.15) is 0 Å². The van der Waals surface area contributed by atoms with E-state index in [1.807, 2.05) is 0 Å². The van der Waals surface area contributed by atoms with Gasteiger partial charge in [-0.15, -0.1) is 0 Å². The maximum Gasteiger partial charge on any atom is 0.0724 e. The van der Waals surface area contributed by atoms with Crippen LogP contribution in [0.3, 0.4) is 0 Å². The monoisotopic (exact) mass is 414 g/mol. The zero-order valence-electron chi connectivity index (χ0n) is 20.6. The molecule has 170 valence electrons. The van der Waals surface area contributed by atoms with Crippen LogP contribution in [0.4, 0.5) is 0 Å².